The second-order valence-electron chi connectivity index (χ2n) is 7.03. The van der Waals surface area contributed by atoms with Crippen LogP contribution in [0.4, 0.5) is 5.69 Å². The Hall–Kier alpha value is -4.00. The Bertz CT molecular complexity index is 1280. The number of fused-ring (bicyclic) bond motifs is 2. The number of carbonyl (C=O) groups excluding carboxylic acids is 1. The standard InChI is InChI=1S/C22H22N6O/c1-12-8-16-10-18(5-7-19(16)24-12)25-22(29)21-11-17-9-15(4-6-20(17)26-21)13(2)27-28-14(3)23/h4-11,24,26,28H,3,23H2,1-2H3,(H,25,29)/b27-13+. The number of anilines is 1. The van der Waals surface area contributed by atoms with Gasteiger partial charge in [-0.3, -0.25) is 10.2 Å². The van der Waals surface area contributed by atoms with Gasteiger partial charge in [-0.15, -0.1) is 0 Å². The molecule has 0 unspecified atom stereocenters. The third-order valence-electron chi connectivity index (χ3n) is 4.66. The van der Waals surface area contributed by atoms with E-state index in [0.717, 1.165) is 44.5 Å². The summed E-state index contributed by atoms with van der Waals surface area (Å²) in [6.07, 6.45) is 0. The van der Waals surface area contributed by atoms with Crippen LogP contribution in [0.5, 0.6) is 0 Å². The topological polar surface area (TPSA) is 111 Å². The van der Waals surface area contributed by atoms with Crippen LogP contribution >= 0.6 is 0 Å². The lowest BCUT2D eigenvalue weighted by molar-refractivity contribution is 0.102. The summed E-state index contributed by atoms with van der Waals surface area (Å²) in [5, 5.41) is 9.11. The molecule has 6 N–H and O–H groups in total. The molecule has 2 aromatic heterocycles. The number of nitrogens with zero attached hydrogens (tertiary/aromatic N) is 1. The van der Waals surface area contributed by atoms with E-state index in [4.69, 9.17) is 5.73 Å². The molecule has 7 heteroatoms. The highest BCUT2D eigenvalue weighted by Gasteiger charge is 2.11. The summed E-state index contributed by atoms with van der Waals surface area (Å²) in [4.78, 5) is 19.2. The first-order valence-electron chi connectivity index (χ1n) is 9.17. The average Bonchev–Trinajstić information content (AvgIpc) is 3.27. The minimum atomic E-state index is -0.194. The van der Waals surface area contributed by atoms with E-state index in [1.54, 1.807) is 0 Å². The maximum atomic E-state index is 12.7. The summed E-state index contributed by atoms with van der Waals surface area (Å²) in [6, 6.07) is 15.5. The van der Waals surface area contributed by atoms with E-state index in [-0.39, 0.29) is 11.7 Å². The molecule has 2 heterocycles. The summed E-state index contributed by atoms with van der Waals surface area (Å²) in [5.74, 6) is 0.0832. The van der Waals surface area contributed by atoms with Crippen LogP contribution in [0, 0.1) is 6.92 Å². The lowest BCUT2D eigenvalue weighted by atomic mass is 10.1. The molecular weight excluding hydrogens is 364 g/mol. The van der Waals surface area contributed by atoms with Crippen LogP contribution in [0.25, 0.3) is 21.8 Å². The van der Waals surface area contributed by atoms with E-state index in [0.29, 0.717) is 5.69 Å². The van der Waals surface area contributed by atoms with Crippen LogP contribution in [0.2, 0.25) is 0 Å². The normalized spacial score (nSPS) is 11.7. The smallest absolute Gasteiger partial charge is 0.272 e. The number of aryl methyl sites for hydroxylation is 1. The molecule has 0 radical (unpaired) electrons. The Kier molecular flexibility index (Phi) is 4.56. The van der Waals surface area contributed by atoms with Gasteiger partial charge in [0.25, 0.3) is 5.91 Å². The summed E-state index contributed by atoms with van der Waals surface area (Å²) in [5.41, 5.74) is 14.1. The lowest BCUT2D eigenvalue weighted by Crippen LogP contribution is -2.14. The van der Waals surface area contributed by atoms with Crippen molar-refractivity contribution < 1.29 is 4.79 Å². The summed E-state index contributed by atoms with van der Waals surface area (Å²) < 4.78 is 0. The highest BCUT2D eigenvalue weighted by atomic mass is 16.1. The Balaban J connectivity index is 1.57. The van der Waals surface area contributed by atoms with Gasteiger partial charge in [-0.1, -0.05) is 12.6 Å². The summed E-state index contributed by atoms with van der Waals surface area (Å²) in [7, 11) is 0. The van der Waals surface area contributed by atoms with Gasteiger partial charge in [-0.2, -0.15) is 5.10 Å². The molecular formula is C22H22N6O. The van der Waals surface area contributed by atoms with Crippen molar-refractivity contribution in [3.05, 3.63) is 77.9 Å². The number of H-pyrrole nitrogens is 2. The van der Waals surface area contributed by atoms with E-state index >= 15 is 0 Å². The van der Waals surface area contributed by atoms with Crippen molar-refractivity contribution in [3.63, 3.8) is 0 Å². The van der Waals surface area contributed by atoms with Crippen LogP contribution < -0.4 is 16.5 Å². The first-order valence-corrected chi connectivity index (χ1v) is 9.17. The van der Waals surface area contributed by atoms with Crippen LogP contribution in [0.1, 0.15) is 28.7 Å². The Labute approximate surface area is 167 Å². The number of aromatic amines is 2. The summed E-state index contributed by atoms with van der Waals surface area (Å²) in [6.45, 7) is 7.43. The van der Waals surface area contributed by atoms with Crippen molar-refractivity contribution in [2.45, 2.75) is 13.8 Å². The van der Waals surface area contributed by atoms with Crippen molar-refractivity contribution in [1.29, 1.82) is 0 Å². The molecule has 4 rings (SSSR count). The fourth-order valence-electron chi connectivity index (χ4n) is 3.25. The number of benzene rings is 2. The van der Waals surface area contributed by atoms with E-state index in [9.17, 15) is 4.79 Å². The molecule has 0 fully saturated rings. The minimum Gasteiger partial charge on any atom is -0.385 e. The number of rotatable bonds is 5. The first-order chi connectivity index (χ1) is 13.9. The van der Waals surface area contributed by atoms with Gasteiger partial charge in [0.1, 0.15) is 11.5 Å². The molecule has 0 saturated carbocycles. The van der Waals surface area contributed by atoms with Crippen LogP contribution in [-0.4, -0.2) is 21.6 Å². The van der Waals surface area contributed by atoms with E-state index in [2.05, 4.69) is 32.4 Å². The van der Waals surface area contributed by atoms with Gasteiger partial charge in [-0.25, -0.2) is 0 Å². The highest BCUT2D eigenvalue weighted by Crippen LogP contribution is 2.22. The fraction of sp³-hybridized carbons (Fsp3) is 0.0909. The van der Waals surface area contributed by atoms with Gasteiger partial charge in [-0.05, 0) is 61.9 Å². The zero-order valence-corrected chi connectivity index (χ0v) is 16.3. The number of hydrogen-bond donors (Lipinski definition) is 5. The second-order valence-corrected chi connectivity index (χ2v) is 7.03. The Morgan fingerprint density at radius 2 is 1.76 bits per heavy atom. The fourth-order valence-corrected chi connectivity index (χ4v) is 3.25. The molecule has 0 saturated heterocycles. The quantitative estimate of drug-likeness (QED) is 0.264. The predicted octanol–water partition coefficient (Wildman–Crippen LogP) is 3.95. The van der Waals surface area contributed by atoms with Crippen molar-refractivity contribution in [3.8, 4) is 0 Å². The molecule has 0 bridgehead atoms. The number of carbonyl (C=O) groups is 1. The Morgan fingerprint density at radius 1 is 1.03 bits per heavy atom. The van der Waals surface area contributed by atoms with Crippen molar-refractivity contribution in [2.24, 2.45) is 10.8 Å². The largest absolute Gasteiger partial charge is 0.385 e. The molecule has 7 nitrogen and oxygen atoms in total. The van der Waals surface area contributed by atoms with Gasteiger partial charge in [0.2, 0.25) is 0 Å². The molecule has 1 amide bonds. The van der Waals surface area contributed by atoms with Crippen LogP contribution in [0.15, 0.2) is 66.0 Å². The van der Waals surface area contributed by atoms with Crippen molar-refractivity contribution in [1.82, 2.24) is 15.4 Å². The van der Waals surface area contributed by atoms with E-state index in [1.807, 2.05) is 62.4 Å². The number of aromatic nitrogens is 2. The van der Waals surface area contributed by atoms with Crippen LogP contribution in [-0.2, 0) is 0 Å². The molecule has 146 valence electrons. The third kappa shape index (κ3) is 3.84. The third-order valence-corrected chi connectivity index (χ3v) is 4.66. The highest BCUT2D eigenvalue weighted by molar-refractivity contribution is 6.08. The molecule has 2 aromatic carbocycles. The van der Waals surface area contributed by atoms with Gasteiger partial charge in [0.15, 0.2) is 0 Å². The zero-order valence-electron chi connectivity index (χ0n) is 16.3. The molecule has 0 aliphatic heterocycles. The molecule has 0 atom stereocenters. The van der Waals surface area contributed by atoms with Gasteiger partial charge >= 0.3 is 0 Å². The monoisotopic (exact) mass is 386 g/mol. The maximum Gasteiger partial charge on any atom is 0.272 e. The van der Waals surface area contributed by atoms with Gasteiger partial charge < -0.3 is 21.0 Å². The van der Waals surface area contributed by atoms with E-state index < -0.39 is 0 Å². The number of nitrogens with one attached hydrogen (secondary N) is 4. The first kappa shape index (κ1) is 18.4. The molecule has 0 aliphatic rings. The molecule has 0 spiro atoms. The zero-order chi connectivity index (χ0) is 20.5. The van der Waals surface area contributed by atoms with E-state index in [1.165, 1.54) is 0 Å². The number of hydrazone groups is 1. The number of hydrogen-bond acceptors (Lipinski definition) is 4. The second kappa shape index (κ2) is 7.20. The van der Waals surface area contributed by atoms with Crippen LogP contribution in [0.3, 0.4) is 0 Å². The average molecular weight is 386 g/mol. The summed E-state index contributed by atoms with van der Waals surface area (Å²) >= 11 is 0. The number of nitrogens with two attached hydrogens (primary N) is 1. The Morgan fingerprint density at radius 3 is 2.55 bits per heavy atom. The van der Waals surface area contributed by atoms with Gasteiger partial charge in [0.05, 0.1) is 5.71 Å². The SMILES string of the molecule is C=C(N)N/N=C(\C)c1ccc2[nH]c(C(=O)Nc3ccc4[nH]c(C)cc4c3)cc2c1. The van der Waals surface area contributed by atoms with Crippen molar-refractivity contribution in [2.75, 3.05) is 5.32 Å². The molecule has 29 heavy (non-hydrogen) atoms. The predicted molar refractivity (Wildman–Crippen MR) is 118 cm³/mol. The molecule has 0 aliphatic carbocycles. The van der Waals surface area contributed by atoms with Crippen molar-refractivity contribution >= 4 is 39.1 Å². The number of amides is 1. The van der Waals surface area contributed by atoms with Gasteiger partial charge in [0, 0.05) is 33.2 Å². The minimum absolute atomic E-state index is 0.194. The lowest BCUT2D eigenvalue weighted by Gasteiger charge is -2.03. The molecule has 4 aromatic rings. The maximum absolute atomic E-state index is 12.7.